The number of rotatable bonds is 4. The molecule has 3 rings (SSSR count). The average molecular weight is 331 g/mol. The van der Waals surface area contributed by atoms with E-state index in [0.29, 0.717) is 11.8 Å². The molecule has 24 heavy (non-hydrogen) atoms. The van der Waals surface area contributed by atoms with Gasteiger partial charge in [0.05, 0.1) is 0 Å². The van der Waals surface area contributed by atoms with Crippen LogP contribution in [0.25, 0.3) is 0 Å². The van der Waals surface area contributed by atoms with Crippen molar-refractivity contribution in [1.29, 1.82) is 0 Å². The van der Waals surface area contributed by atoms with Crippen LogP contribution in [0.4, 0.5) is 11.8 Å². The Bertz CT molecular complexity index is 727. The minimum absolute atomic E-state index is 0.0957. The van der Waals surface area contributed by atoms with Crippen LogP contribution in [0.5, 0.6) is 0 Å². The Kier molecular flexibility index (Phi) is 4.66. The first kappa shape index (κ1) is 16.6. The summed E-state index contributed by atoms with van der Waals surface area (Å²) >= 11 is 0. The smallest absolute Gasteiger partial charge is 0.222 e. The number of piperidine rings is 1. The van der Waals surface area contributed by atoms with E-state index >= 15 is 0 Å². The zero-order valence-corrected chi connectivity index (χ0v) is 14.5. The number of anilines is 2. The number of nitrogens with zero attached hydrogens (tertiary/aromatic N) is 6. The van der Waals surface area contributed by atoms with Crippen molar-refractivity contribution in [1.82, 2.24) is 24.7 Å². The first-order chi connectivity index (χ1) is 11.5. The number of hydrogen-bond acceptors (Lipinski definition) is 7. The van der Waals surface area contributed by atoms with Crippen LogP contribution < -0.4 is 10.6 Å². The third kappa shape index (κ3) is 2.93. The van der Waals surface area contributed by atoms with Gasteiger partial charge in [-0.25, -0.2) is 4.98 Å². The maximum atomic E-state index is 9.32. The van der Waals surface area contributed by atoms with Crippen LogP contribution in [0.3, 0.4) is 0 Å². The molecule has 3 N–H and O–H groups in total. The second kappa shape index (κ2) is 6.72. The van der Waals surface area contributed by atoms with Crippen molar-refractivity contribution in [2.75, 3.05) is 23.7 Å². The molecule has 0 aromatic carbocycles. The molecule has 0 aliphatic carbocycles. The lowest BCUT2D eigenvalue weighted by Gasteiger charge is -2.34. The van der Waals surface area contributed by atoms with Gasteiger partial charge in [0.1, 0.15) is 18.2 Å². The molecular weight excluding hydrogens is 306 g/mol. The lowest BCUT2D eigenvalue weighted by atomic mass is 9.96. The number of hydrogen-bond donors (Lipinski definition) is 2. The topological polar surface area (TPSA) is 106 Å². The predicted molar refractivity (Wildman–Crippen MR) is 91.7 cm³/mol. The Morgan fingerprint density at radius 2 is 2.08 bits per heavy atom. The molecule has 1 saturated heterocycles. The van der Waals surface area contributed by atoms with Gasteiger partial charge in [0.2, 0.25) is 5.95 Å². The number of aliphatic hydroxyl groups is 1. The highest BCUT2D eigenvalue weighted by Gasteiger charge is 2.28. The normalized spacial score (nSPS) is 18.2. The Morgan fingerprint density at radius 1 is 1.29 bits per heavy atom. The van der Waals surface area contributed by atoms with Crippen molar-refractivity contribution in [3.8, 4) is 0 Å². The Balaban J connectivity index is 1.90. The van der Waals surface area contributed by atoms with Gasteiger partial charge in [-0.3, -0.25) is 0 Å². The van der Waals surface area contributed by atoms with E-state index in [2.05, 4.69) is 32.0 Å². The van der Waals surface area contributed by atoms with Crippen molar-refractivity contribution in [3.05, 3.63) is 22.9 Å². The molecule has 2 aromatic rings. The molecule has 1 fully saturated rings. The number of aromatic nitrogens is 5. The molecular formula is C16H25N7O. The van der Waals surface area contributed by atoms with Gasteiger partial charge in [0, 0.05) is 37.3 Å². The van der Waals surface area contributed by atoms with Gasteiger partial charge in [0.15, 0.2) is 5.82 Å². The third-order valence-electron chi connectivity index (χ3n) is 4.79. The highest BCUT2D eigenvalue weighted by atomic mass is 16.3. The molecule has 2 aromatic heterocycles. The maximum absolute atomic E-state index is 9.32. The molecule has 130 valence electrons. The first-order valence-corrected chi connectivity index (χ1v) is 8.42. The second-order valence-electron chi connectivity index (χ2n) is 6.30. The van der Waals surface area contributed by atoms with Crippen LogP contribution in [-0.2, 0) is 20.1 Å². The lowest BCUT2D eigenvalue weighted by molar-refractivity contribution is 0.266. The molecule has 0 bridgehead atoms. The van der Waals surface area contributed by atoms with Crippen LogP contribution in [-0.4, -0.2) is 42.9 Å². The summed E-state index contributed by atoms with van der Waals surface area (Å²) in [5.74, 6) is 3.04. The Morgan fingerprint density at radius 3 is 2.75 bits per heavy atom. The van der Waals surface area contributed by atoms with Crippen molar-refractivity contribution >= 4 is 11.8 Å². The summed E-state index contributed by atoms with van der Waals surface area (Å²) in [6, 6.07) is 0. The van der Waals surface area contributed by atoms with Gasteiger partial charge in [-0.2, -0.15) is 4.98 Å². The van der Waals surface area contributed by atoms with E-state index < -0.39 is 0 Å². The second-order valence-corrected chi connectivity index (χ2v) is 6.30. The summed E-state index contributed by atoms with van der Waals surface area (Å²) < 4.78 is 1.90. The summed E-state index contributed by atoms with van der Waals surface area (Å²) in [5, 5.41) is 17.7. The Hall–Kier alpha value is -2.22. The number of nitrogen functional groups attached to an aromatic ring is 1. The molecule has 0 amide bonds. The maximum Gasteiger partial charge on any atom is 0.222 e. The summed E-state index contributed by atoms with van der Waals surface area (Å²) in [5.41, 5.74) is 7.98. The number of aliphatic hydroxyl groups excluding tert-OH is 1. The molecule has 1 aliphatic heterocycles. The first-order valence-electron chi connectivity index (χ1n) is 8.42. The van der Waals surface area contributed by atoms with Crippen molar-refractivity contribution < 1.29 is 5.11 Å². The van der Waals surface area contributed by atoms with E-state index in [0.717, 1.165) is 55.3 Å². The van der Waals surface area contributed by atoms with E-state index in [9.17, 15) is 5.11 Å². The number of aryl methyl sites for hydroxylation is 1. The van der Waals surface area contributed by atoms with E-state index in [1.807, 2.05) is 18.5 Å². The fourth-order valence-corrected chi connectivity index (χ4v) is 3.53. The zero-order chi connectivity index (χ0) is 17.3. The van der Waals surface area contributed by atoms with Crippen molar-refractivity contribution in [2.45, 2.75) is 45.6 Å². The quantitative estimate of drug-likeness (QED) is 0.858. The van der Waals surface area contributed by atoms with E-state index in [1.165, 1.54) is 0 Å². The fraction of sp³-hybridized carbons (Fsp3) is 0.625. The van der Waals surface area contributed by atoms with Gasteiger partial charge < -0.3 is 20.3 Å². The molecule has 0 radical (unpaired) electrons. The van der Waals surface area contributed by atoms with E-state index in [4.69, 9.17) is 5.73 Å². The van der Waals surface area contributed by atoms with Gasteiger partial charge in [0.25, 0.3) is 0 Å². The molecule has 1 aliphatic rings. The minimum atomic E-state index is -0.0957. The summed E-state index contributed by atoms with van der Waals surface area (Å²) in [7, 11) is 1.91. The zero-order valence-electron chi connectivity index (χ0n) is 14.5. The molecule has 0 spiro atoms. The van der Waals surface area contributed by atoms with Crippen LogP contribution in [0, 0.1) is 6.92 Å². The SMILES string of the molecule is CCc1c(C)nc(N)nc1N1CCCC(c2nnc(CO)n2C)C1. The van der Waals surface area contributed by atoms with E-state index in [-0.39, 0.29) is 12.5 Å². The fourth-order valence-electron chi connectivity index (χ4n) is 3.53. The van der Waals surface area contributed by atoms with Gasteiger partial charge in [-0.05, 0) is 26.2 Å². The van der Waals surface area contributed by atoms with Gasteiger partial charge in [-0.15, -0.1) is 10.2 Å². The highest BCUT2D eigenvalue weighted by Crippen LogP contribution is 2.31. The van der Waals surface area contributed by atoms with Gasteiger partial charge >= 0.3 is 0 Å². The van der Waals surface area contributed by atoms with Crippen LogP contribution in [0.1, 0.15) is 48.6 Å². The molecule has 8 heteroatoms. The predicted octanol–water partition coefficient (Wildman–Crippen LogP) is 0.934. The Labute approximate surface area is 141 Å². The monoisotopic (exact) mass is 331 g/mol. The van der Waals surface area contributed by atoms with Crippen LogP contribution in [0.2, 0.25) is 0 Å². The summed E-state index contributed by atoms with van der Waals surface area (Å²) in [6.45, 7) is 5.77. The molecule has 1 unspecified atom stereocenters. The summed E-state index contributed by atoms with van der Waals surface area (Å²) in [4.78, 5) is 11.1. The number of nitrogens with two attached hydrogens (primary N) is 1. The molecule has 1 atom stereocenters. The molecule has 0 saturated carbocycles. The van der Waals surface area contributed by atoms with E-state index in [1.54, 1.807) is 0 Å². The average Bonchev–Trinajstić information content (AvgIpc) is 2.95. The van der Waals surface area contributed by atoms with Crippen molar-refractivity contribution in [2.24, 2.45) is 7.05 Å². The largest absolute Gasteiger partial charge is 0.388 e. The molecule has 8 nitrogen and oxygen atoms in total. The highest BCUT2D eigenvalue weighted by molar-refractivity contribution is 5.52. The lowest BCUT2D eigenvalue weighted by Crippen LogP contribution is -2.37. The minimum Gasteiger partial charge on any atom is -0.388 e. The van der Waals surface area contributed by atoms with Crippen molar-refractivity contribution in [3.63, 3.8) is 0 Å². The van der Waals surface area contributed by atoms with Crippen LogP contribution >= 0.6 is 0 Å². The third-order valence-corrected chi connectivity index (χ3v) is 4.79. The molecule has 3 heterocycles. The van der Waals surface area contributed by atoms with Gasteiger partial charge in [-0.1, -0.05) is 6.92 Å². The standard InChI is InChI=1S/C16H25N7O/c1-4-12-10(2)18-16(17)19-15(12)23-7-5-6-11(8-23)14-21-20-13(9-24)22(14)3/h11,24H,4-9H2,1-3H3,(H2,17,18,19). The summed E-state index contributed by atoms with van der Waals surface area (Å²) in [6.07, 6.45) is 2.98. The van der Waals surface area contributed by atoms with Crippen LogP contribution in [0.15, 0.2) is 0 Å².